The molecule has 0 radical (unpaired) electrons. The van der Waals surface area contributed by atoms with Gasteiger partial charge in [0.25, 0.3) is 5.91 Å². The quantitative estimate of drug-likeness (QED) is 0.186. The maximum atomic E-state index is 12.4. The van der Waals surface area contributed by atoms with E-state index in [2.05, 4.69) is 27.2 Å². The Hall–Kier alpha value is -3.63. The van der Waals surface area contributed by atoms with Gasteiger partial charge >= 0.3 is 0 Å². The summed E-state index contributed by atoms with van der Waals surface area (Å²) < 4.78 is 5.13. The summed E-state index contributed by atoms with van der Waals surface area (Å²) in [5.41, 5.74) is 7.64. The van der Waals surface area contributed by atoms with E-state index in [1.54, 1.807) is 18.2 Å². The van der Waals surface area contributed by atoms with E-state index in [0.29, 0.717) is 23.5 Å². The van der Waals surface area contributed by atoms with E-state index in [1.165, 1.54) is 12.3 Å². The van der Waals surface area contributed by atoms with Gasteiger partial charge in [0.1, 0.15) is 12.4 Å². The van der Waals surface area contributed by atoms with Crippen LogP contribution in [0.1, 0.15) is 58.4 Å². The smallest absolute Gasteiger partial charge is 0.254 e. The molecule has 0 saturated heterocycles. The van der Waals surface area contributed by atoms with Gasteiger partial charge in [-0.3, -0.25) is 14.4 Å². The number of carbonyl (C=O) groups excluding carboxylic acids is 3. The van der Waals surface area contributed by atoms with E-state index in [-0.39, 0.29) is 54.9 Å². The summed E-state index contributed by atoms with van der Waals surface area (Å²) in [5, 5.41) is 15.3. The molecule has 0 spiro atoms. The summed E-state index contributed by atoms with van der Waals surface area (Å²) in [4.78, 5) is 45.2. The molecular weight excluding hydrogens is 462 g/mol. The predicted molar refractivity (Wildman–Crippen MR) is 136 cm³/mol. The number of hydrogen-bond donors (Lipinski definition) is 4. The third kappa shape index (κ3) is 7.19. The first-order valence-electron chi connectivity index (χ1n) is 12.0. The van der Waals surface area contributed by atoms with E-state index >= 15 is 0 Å². The highest BCUT2D eigenvalue weighted by Gasteiger charge is 2.28. The Balaban J connectivity index is 1.83. The van der Waals surface area contributed by atoms with E-state index in [4.69, 9.17) is 15.6 Å². The van der Waals surface area contributed by atoms with Crippen molar-refractivity contribution in [2.75, 3.05) is 30.5 Å². The largest absolute Gasteiger partial charge is 0.394 e. The highest BCUT2D eigenvalue weighted by atomic mass is 16.5. The van der Waals surface area contributed by atoms with E-state index in [0.717, 1.165) is 31.2 Å². The highest BCUT2D eigenvalue weighted by molar-refractivity contribution is 5.98. The first-order valence-corrected chi connectivity index (χ1v) is 12.0. The third-order valence-electron chi connectivity index (χ3n) is 6.25. The van der Waals surface area contributed by atoms with Crippen LogP contribution < -0.4 is 16.4 Å². The van der Waals surface area contributed by atoms with Gasteiger partial charge in [-0.2, -0.15) is 4.98 Å². The second kappa shape index (κ2) is 12.9. The average molecular weight is 496 g/mol. The Kier molecular flexibility index (Phi) is 9.66. The molecule has 2 aromatic rings. The van der Waals surface area contributed by atoms with Crippen LogP contribution >= 0.6 is 0 Å². The fourth-order valence-corrected chi connectivity index (χ4v) is 4.26. The van der Waals surface area contributed by atoms with Crippen LogP contribution in [0.2, 0.25) is 0 Å². The zero-order valence-corrected chi connectivity index (χ0v) is 20.5. The minimum absolute atomic E-state index is 0.0134. The van der Waals surface area contributed by atoms with Crippen LogP contribution in [0.5, 0.6) is 0 Å². The van der Waals surface area contributed by atoms with Crippen LogP contribution in [-0.4, -0.2) is 58.4 Å². The number of aryl methyl sites for hydroxylation is 1. The fraction of sp³-hybridized carbons (Fsp3) is 0.423. The maximum absolute atomic E-state index is 12.4. The first kappa shape index (κ1) is 27.0. The number of primary amides is 1. The zero-order valence-electron chi connectivity index (χ0n) is 20.5. The second-order valence-corrected chi connectivity index (χ2v) is 8.84. The number of hydrogen-bond acceptors (Lipinski definition) is 9. The molecule has 1 saturated carbocycles. The molecule has 5 N–H and O–H groups in total. The Bertz CT molecular complexity index is 1120. The number of nitrogens with zero attached hydrogens (tertiary/aromatic N) is 2. The number of aliphatic hydroxyl groups is 1. The average Bonchev–Trinajstić information content (AvgIpc) is 2.86. The molecule has 1 fully saturated rings. The van der Waals surface area contributed by atoms with Crippen LogP contribution in [0.4, 0.5) is 17.5 Å². The molecule has 1 aliphatic carbocycles. The number of allylic oxidation sites excluding steroid dienone is 1. The van der Waals surface area contributed by atoms with Crippen molar-refractivity contribution in [3.8, 4) is 0 Å². The van der Waals surface area contributed by atoms with Crippen LogP contribution in [0.25, 0.3) is 0 Å². The summed E-state index contributed by atoms with van der Waals surface area (Å²) in [5.74, 6) is -0.289. The van der Waals surface area contributed by atoms with Gasteiger partial charge in [0.2, 0.25) is 5.95 Å². The van der Waals surface area contributed by atoms with Gasteiger partial charge in [0, 0.05) is 29.9 Å². The van der Waals surface area contributed by atoms with Crippen molar-refractivity contribution in [3.63, 3.8) is 0 Å². The van der Waals surface area contributed by atoms with Crippen molar-refractivity contribution in [3.05, 3.63) is 53.7 Å². The van der Waals surface area contributed by atoms with Gasteiger partial charge in [-0.15, -0.1) is 0 Å². The number of nitrogens with one attached hydrogen (secondary N) is 2. The van der Waals surface area contributed by atoms with Crippen molar-refractivity contribution in [1.82, 2.24) is 9.97 Å². The lowest BCUT2D eigenvalue weighted by atomic mass is 9.81. The topological polar surface area (TPSA) is 157 Å². The summed E-state index contributed by atoms with van der Waals surface area (Å²) in [6.07, 6.45) is 6.84. The molecule has 1 amide bonds. The molecule has 1 aromatic carbocycles. The van der Waals surface area contributed by atoms with Gasteiger partial charge in [-0.1, -0.05) is 31.6 Å². The molecule has 2 unspecified atom stereocenters. The number of nitrogens with two attached hydrogens (primary N) is 1. The van der Waals surface area contributed by atoms with Gasteiger partial charge in [0.05, 0.1) is 18.8 Å². The van der Waals surface area contributed by atoms with Crippen LogP contribution in [0.3, 0.4) is 0 Å². The Morgan fingerprint density at radius 2 is 2.06 bits per heavy atom. The highest BCUT2D eigenvalue weighted by Crippen LogP contribution is 2.31. The molecule has 1 aromatic heterocycles. The molecule has 10 nitrogen and oxygen atoms in total. The Morgan fingerprint density at radius 3 is 2.78 bits per heavy atom. The number of Topliss-reactive ketones (excluding diaryl/α,β-unsaturated/α-hetero) is 1. The molecule has 0 bridgehead atoms. The summed E-state index contributed by atoms with van der Waals surface area (Å²) in [6, 6.07) is 5.12. The molecular formula is C26H33N5O5. The Morgan fingerprint density at radius 1 is 1.28 bits per heavy atom. The van der Waals surface area contributed by atoms with Gasteiger partial charge in [-0.25, -0.2) is 4.98 Å². The van der Waals surface area contributed by atoms with Crippen molar-refractivity contribution in [1.29, 1.82) is 0 Å². The van der Waals surface area contributed by atoms with Crippen molar-refractivity contribution < 1.29 is 24.2 Å². The lowest BCUT2D eigenvalue weighted by molar-refractivity contribution is -0.115. The van der Waals surface area contributed by atoms with E-state index in [9.17, 15) is 14.4 Å². The number of benzene rings is 1. The number of anilines is 3. The summed E-state index contributed by atoms with van der Waals surface area (Å²) in [7, 11) is 0. The number of aliphatic hydroxyl groups excluding tert-OH is 1. The van der Waals surface area contributed by atoms with Crippen LogP contribution in [0.15, 0.2) is 37.1 Å². The number of rotatable bonds is 13. The number of ether oxygens (including phenoxy) is 1. The third-order valence-corrected chi connectivity index (χ3v) is 6.25. The molecule has 1 heterocycles. The van der Waals surface area contributed by atoms with Crippen molar-refractivity contribution in [2.24, 2.45) is 11.7 Å². The van der Waals surface area contributed by atoms with Gasteiger partial charge < -0.3 is 26.2 Å². The van der Waals surface area contributed by atoms with Crippen LogP contribution in [0, 0.1) is 12.8 Å². The molecule has 0 aliphatic heterocycles. The summed E-state index contributed by atoms with van der Waals surface area (Å²) in [6.45, 7) is 5.23. The zero-order chi connectivity index (χ0) is 26.1. The van der Waals surface area contributed by atoms with E-state index < -0.39 is 5.91 Å². The van der Waals surface area contributed by atoms with Gasteiger partial charge in [-0.05, 0) is 43.4 Å². The normalized spacial score (nSPS) is 17.3. The standard InChI is InChI=1S/C26H33N5O5/c1-3-19(33)12-17-6-4-5-7-21(17)29-25-20(24(27)35)14-28-26(31-25)30-22-13-18(9-8-16(22)2)23(34)15-36-11-10-32/h3,8-9,13-14,17,21,32H,1,4-7,10-12,15H2,2H3,(H2,27,35)(H2,28,29,30,31). The lowest BCUT2D eigenvalue weighted by Crippen LogP contribution is -2.34. The predicted octanol–water partition coefficient (Wildman–Crippen LogP) is 2.94. The number of amides is 1. The summed E-state index contributed by atoms with van der Waals surface area (Å²) >= 11 is 0. The fourth-order valence-electron chi connectivity index (χ4n) is 4.26. The first-order chi connectivity index (χ1) is 17.3. The molecule has 10 heteroatoms. The maximum Gasteiger partial charge on any atom is 0.254 e. The molecule has 2 atom stereocenters. The van der Waals surface area contributed by atoms with Gasteiger partial charge in [0.15, 0.2) is 11.6 Å². The number of carbonyl (C=O) groups is 3. The van der Waals surface area contributed by atoms with Crippen molar-refractivity contribution >= 4 is 34.9 Å². The SMILES string of the molecule is C=CC(=O)CC1CCCCC1Nc1nc(Nc2cc(C(=O)COCCO)ccc2C)ncc1C(N)=O. The Labute approximate surface area is 210 Å². The number of aromatic nitrogens is 2. The second-order valence-electron chi connectivity index (χ2n) is 8.84. The molecule has 1 aliphatic rings. The molecule has 36 heavy (non-hydrogen) atoms. The van der Waals surface area contributed by atoms with Crippen molar-refractivity contribution in [2.45, 2.75) is 45.1 Å². The minimum atomic E-state index is -0.662. The van der Waals surface area contributed by atoms with Crippen LogP contribution in [-0.2, 0) is 9.53 Å². The monoisotopic (exact) mass is 495 g/mol. The molecule has 3 rings (SSSR count). The number of ketones is 2. The van der Waals surface area contributed by atoms with E-state index in [1.807, 2.05) is 6.92 Å². The lowest BCUT2D eigenvalue weighted by Gasteiger charge is -2.32. The minimum Gasteiger partial charge on any atom is -0.394 e. The molecule has 192 valence electrons.